The van der Waals surface area contributed by atoms with Crippen LogP contribution in [0, 0.1) is 0 Å². The van der Waals surface area contributed by atoms with Gasteiger partial charge >= 0.3 is 0 Å². The van der Waals surface area contributed by atoms with Gasteiger partial charge in [0.25, 0.3) is 0 Å². The molecule has 19 heavy (non-hydrogen) atoms. The van der Waals surface area contributed by atoms with Crippen LogP contribution in [0.3, 0.4) is 0 Å². The fourth-order valence-electron chi connectivity index (χ4n) is 3.06. The highest BCUT2D eigenvalue weighted by Gasteiger charge is 2.22. The van der Waals surface area contributed by atoms with E-state index < -0.39 is 0 Å². The molecule has 1 atom stereocenters. The Hall–Kier alpha value is -1.54. The Bertz CT molecular complexity index is 515. The topological polar surface area (TPSA) is 8.17 Å². The molecule has 100 valence electrons. The van der Waals surface area contributed by atoms with Gasteiger partial charge in [0.1, 0.15) is 0 Å². The Morgan fingerprint density at radius 2 is 1.89 bits per heavy atom. The molecular weight excluding hydrogens is 232 g/mol. The predicted molar refractivity (Wildman–Crippen MR) is 79.2 cm³/mol. The molecule has 0 bridgehead atoms. The molecule has 2 aromatic rings. The van der Waals surface area contributed by atoms with Crippen LogP contribution in [0.15, 0.2) is 48.7 Å². The summed E-state index contributed by atoms with van der Waals surface area (Å²) in [6.07, 6.45) is 4.63. The lowest BCUT2D eigenvalue weighted by atomic mass is 10.1. The second-order valence-electron chi connectivity index (χ2n) is 5.43. The minimum atomic E-state index is 0.555. The van der Waals surface area contributed by atoms with E-state index in [4.69, 9.17) is 0 Å². The second-order valence-corrected chi connectivity index (χ2v) is 5.43. The molecule has 0 aliphatic carbocycles. The maximum Gasteiger partial charge on any atom is 0.0472 e. The Morgan fingerprint density at radius 1 is 1.05 bits per heavy atom. The van der Waals surface area contributed by atoms with Crippen LogP contribution in [0.4, 0.5) is 0 Å². The SMILES string of the molecule is C[C@@H]1c2cccn2CCN1CCCc1ccccc1. The van der Waals surface area contributed by atoms with Gasteiger partial charge in [0, 0.05) is 31.0 Å². The summed E-state index contributed by atoms with van der Waals surface area (Å²) in [5.74, 6) is 0. The fraction of sp³-hybridized carbons (Fsp3) is 0.412. The average molecular weight is 254 g/mol. The molecule has 1 aromatic heterocycles. The summed E-state index contributed by atoms with van der Waals surface area (Å²) in [7, 11) is 0. The van der Waals surface area contributed by atoms with Crippen molar-refractivity contribution in [2.24, 2.45) is 0 Å². The number of rotatable bonds is 4. The molecule has 0 spiro atoms. The van der Waals surface area contributed by atoms with Gasteiger partial charge < -0.3 is 4.57 Å². The lowest BCUT2D eigenvalue weighted by Crippen LogP contribution is -2.37. The molecule has 1 aromatic carbocycles. The first-order chi connectivity index (χ1) is 9.34. The fourth-order valence-corrected chi connectivity index (χ4v) is 3.06. The van der Waals surface area contributed by atoms with Crippen molar-refractivity contribution < 1.29 is 0 Å². The number of aromatic nitrogens is 1. The molecule has 2 heteroatoms. The Balaban J connectivity index is 1.54. The zero-order valence-corrected chi connectivity index (χ0v) is 11.6. The van der Waals surface area contributed by atoms with Gasteiger partial charge in [-0.15, -0.1) is 0 Å². The van der Waals surface area contributed by atoms with Crippen LogP contribution in [0.5, 0.6) is 0 Å². The number of hydrogen-bond donors (Lipinski definition) is 0. The number of nitrogens with zero attached hydrogens (tertiary/aromatic N) is 2. The maximum atomic E-state index is 2.61. The van der Waals surface area contributed by atoms with Gasteiger partial charge in [-0.2, -0.15) is 0 Å². The van der Waals surface area contributed by atoms with Crippen molar-refractivity contribution in [3.8, 4) is 0 Å². The first-order valence-electron chi connectivity index (χ1n) is 7.27. The smallest absolute Gasteiger partial charge is 0.0472 e. The molecule has 0 saturated heterocycles. The van der Waals surface area contributed by atoms with Crippen LogP contribution in [-0.2, 0) is 13.0 Å². The van der Waals surface area contributed by atoms with Crippen molar-refractivity contribution >= 4 is 0 Å². The minimum Gasteiger partial charge on any atom is -0.349 e. The third kappa shape index (κ3) is 2.74. The molecule has 3 rings (SSSR count). The monoisotopic (exact) mass is 254 g/mol. The molecule has 0 saturated carbocycles. The van der Waals surface area contributed by atoms with Crippen LogP contribution >= 0.6 is 0 Å². The molecule has 1 aliphatic rings. The third-order valence-corrected chi connectivity index (χ3v) is 4.22. The summed E-state index contributed by atoms with van der Waals surface area (Å²) in [5, 5.41) is 0. The third-order valence-electron chi connectivity index (χ3n) is 4.22. The van der Waals surface area contributed by atoms with Gasteiger partial charge in [0.05, 0.1) is 0 Å². The summed E-state index contributed by atoms with van der Waals surface area (Å²) in [6.45, 7) is 5.84. The van der Waals surface area contributed by atoms with Gasteiger partial charge in [-0.25, -0.2) is 0 Å². The molecule has 0 amide bonds. The van der Waals surface area contributed by atoms with Crippen LogP contribution in [0.25, 0.3) is 0 Å². The molecule has 1 aliphatic heterocycles. The number of aryl methyl sites for hydroxylation is 1. The van der Waals surface area contributed by atoms with Crippen LogP contribution < -0.4 is 0 Å². The van der Waals surface area contributed by atoms with E-state index in [1.54, 1.807) is 0 Å². The highest BCUT2D eigenvalue weighted by Crippen LogP contribution is 2.25. The normalized spacial score (nSPS) is 19.3. The van der Waals surface area contributed by atoms with Gasteiger partial charge in [-0.1, -0.05) is 30.3 Å². The molecule has 2 nitrogen and oxygen atoms in total. The average Bonchev–Trinajstić information content (AvgIpc) is 2.92. The van der Waals surface area contributed by atoms with E-state index in [9.17, 15) is 0 Å². The quantitative estimate of drug-likeness (QED) is 0.810. The van der Waals surface area contributed by atoms with Gasteiger partial charge in [0.15, 0.2) is 0 Å². The minimum absolute atomic E-state index is 0.555. The molecule has 0 fully saturated rings. The molecule has 2 heterocycles. The van der Waals surface area contributed by atoms with E-state index in [0.29, 0.717) is 6.04 Å². The van der Waals surface area contributed by atoms with Gasteiger partial charge in [-0.05, 0) is 44.0 Å². The number of hydrogen-bond acceptors (Lipinski definition) is 1. The zero-order chi connectivity index (χ0) is 13.1. The first-order valence-corrected chi connectivity index (χ1v) is 7.27. The van der Waals surface area contributed by atoms with E-state index in [1.807, 2.05) is 0 Å². The predicted octanol–water partition coefficient (Wildman–Crippen LogP) is 3.50. The largest absolute Gasteiger partial charge is 0.349 e. The summed E-state index contributed by atoms with van der Waals surface area (Å²) < 4.78 is 2.39. The lowest BCUT2D eigenvalue weighted by molar-refractivity contribution is 0.167. The Kier molecular flexibility index (Phi) is 3.69. The molecule has 0 unspecified atom stereocenters. The second kappa shape index (κ2) is 5.62. The van der Waals surface area contributed by atoms with E-state index in [1.165, 1.54) is 37.2 Å². The standard InChI is InChI=1S/C17H22N2/c1-15-17-10-6-12-19(17)14-13-18(15)11-5-9-16-7-3-2-4-8-16/h2-4,6-8,10,12,15H,5,9,11,13-14H2,1H3/t15-/m1/s1. The Morgan fingerprint density at radius 3 is 2.74 bits per heavy atom. The van der Waals surface area contributed by atoms with Crippen LogP contribution in [0.1, 0.15) is 30.6 Å². The number of benzene rings is 1. The summed E-state index contributed by atoms with van der Waals surface area (Å²) in [6, 6.07) is 15.8. The zero-order valence-electron chi connectivity index (χ0n) is 11.6. The molecule has 0 radical (unpaired) electrons. The summed E-state index contributed by atoms with van der Waals surface area (Å²) >= 11 is 0. The van der Waals surface area contributed by atoms with E-state index in [2.05, 4.69) is 65.1 Å². The van der Waals surface area contributed by atoms with Gasteiger partial charge in [-0.3, -0.25) is 4.90 Å². The first kappa shape index (κ1) is 12.5. The molecular formula is C17H22N2. The van der Waals surface area contributed by atoms with Crippen LogP contribution in [-0.4, -0.2) is 22.6 Å². The van der Waals surface area contributed by atoms with Crippen molar-refractivity contribution in [1.29, 1.82) is 0 Å². The van der Waals surface area contributed by atoms with Crippen molar-refractivity contribution in [1.82, 2.24) is 9.47 Å². The van der Waals surface area contributed by atoms with E-state index in [-0.39, 0.29) is 0 Å². The van der Waals surface area contributed by atoms with Crippen molar-refractivity contribution in [3.05, 3.63) is 59.9 Å². The highest BCUT2D eigenvalue weighted by molar-refractivity contribution is 5.15. The van der Waals surface area contributed by atoms with Gasteiger partial charge in [0.2, 0.25) is 0 Å². The summed E-state index contributed by atoms with van der Waals surface area (Å²) in [5.41, 5.74) is 2.92. The van der Waals surface area contributed by atoms with Crippen LogP contribution in [0.2, 0.25) is 0 Å². The van der Waals surface area contributed by atoms with E-state index in [0.717, 1.165) is 6.54 Å². The number of fused-ring (bicyclic) bond motifs is 1. The van der Waals surface area contributed by atoms with E-state index >= 15 is 0 Å². The Labute approximate surface area is 115 Å². The molecule has 0 N–H and O–H groups in total. The van der Waals surface area contributed by atoms with Crippen molar-refractivity contribution in [2.75, 3.05) is 13.1 Å². The van der Waals surface area contributed by atoms with Crippen molar-refractivity contribution in [3.63, 3.8) is 0 Å². The van der Waals surface area contributed by atoms with Crippen molar-refractivity contribution in [2.45, 2.75) is 32.4 Å². The lowest BCUT2D eigenvalue weighted by Gasteiger charge is -2.34. The highest BCUT2D eigenvalue weighted by atomic mass is 15.2. The summed E-state index contributed by atoms with van der Waals surface area (Å²) in [4.78, 5) is 2.61. The maximum absolute atomic E-state index is 2.61.